The molecule has 7 rings (SSSR count). The third-order valence-corrected chi connectivity index (χ3v) is 10.3. The number of para-hydroxylation sites is 2. The quantitative estimate of drug-likeness (QED) is 0.430. The molecule has 1 unspecified atom stereocenters. The number of hydrogen-bond donors (Lipinski definition) is 1. The summed E-state index contributed by atoms with van der Waals surface area (Å²) in [6, 6.07) is 17.4. The van der Waals surface area contributed by atoms with E-state index in [0.29, 0.717) is 0 Å². The van der Waals surface area contributed by atoms with Crippen molar-refractivity contribution in [3.8, 4) is 0 Å². The molecule has 3 aliphatic heterocycles. The van der Waals surface area contributed by atoms with Gasteiger partial charge in [-0.05, 0) is 67.0 Å². The zero-order valence-corrected chi connectivity index (χ0v) is 21.3. The van der Waals surface area contributed by atoms with Crippen LogP contribution in [-0.4, -0.2) is 12.5 Å². The molecule has 35 heavy (non-hydrogen) atoms. The van der Waals surface area contributed by atoms with Crippen molar-refractivity contribution in [1.29, 1.82) is 0 Å². The molecule has 0 spiro atoms. The zero-order chi connectivity index (χ0) is 23.5. The lowest BCUT2D eigenvalue weighted by atomic mass is 9.79. The Bertz CT molecular complexity index is 1480. The van der Waals surface area contributed by atoms with Crippen molar-refractivity contribution in [3.05, 3.63) is 81.4 Å². The fraction of sp³-hybridized carbons (Fsp3) is 0.310. The molecule has 4 aliphatic rings. The standard InChI is InChI=1S/C29H27N3OS2/c30-27(33)20-16-18(21-7-5-13-31-23-9-1-3-11-25(23)34-28(21)31)15-19(17-20)22-8-6-14-32-24-10-2-4-12-26(24)35-29(22)32/h1-4,9-12,15,20H,5-8,13-14,16-17H2,(H-,30,33)/p+1. The normalized spacial score (nSPS) is 23.7. The van der Waals surface area contributed by atoms with Gasteiger partial charge in [0.2, 0.25) is 11.4 Å². The molecular weight excluding hydrogens is 470 g/mol. The summed E-state index contributed by atoms with van der Waals surface area (Å²) in [4.78, 5) is 16.4. The van der Waals surface area contributed by atoms with Gasteiger partial charge in [-0.1, -0.05) is 53.4 Å². The van der Waals surface area contributed by atoms with Crippen LogP contribution in [0.3, 0.4) is 0 Å². The van der Waals surface area contributed by atoms with Crippen molar-refractivity contribution in [2.75, 3.05) is 11.4 Å². The molecule has 1 atom stereocenters. The van der Waals surface area contributed by atoms with Crippen LogP contribution in [0, 0.1) is 5.92 Å². The maximum Gasteiger partial charge on any atom is 0.266 e. The lowest BCUT2D eigenvalue weighted by molar-refractivity contribution is -0.672. The number of fused-ring (bicyclic) bond motifs is 6. The summed E-state index contributed by atoms with van der Waals surface area (Å²) < 4.78 is 3.82. The predicted molar refractivity (Wildman–Crippen MR) is 144 cm³/mol. The molecule has 1 aliphatic carbocycles. The molecule has 4 nitrogen and oxygen atoms in total. The molecule has 1 aromatic heterocycles. The smallest absolute Gasteiger partial charge is 0.266 e. The molecule has 0 saturated heterocycles. The second-order valence-corrected chi connectivity index (χ2v) is 12.0. The number of nitrogens with two attached hydrogens (primary N) is 1. The number of amides is 1. The van der Waals surface area contributed by atoms with Crippen LogP contribution in [0.4, 0.5) is 5.69 Å². The van der Waals surface area contributed by atoms with E-state index in [1.54, 1.807) is 0 Å². The van der Waals surface area contributed by atoms with E-state index in [1.807, 2.05) is 23.1 Å². The summed E-state index contributed by atoms with van der Waals surface area (Å²) in [5.74, 6) is -0.311. The van der Waals surface area contributed by atoms with Crippen molar-refractivity contribution in [3.63, 3.8) is 0 Å². The monoisotopic (exact) mass is 498 g/mol. The van der Waals surface area contributed by atoms with Gasteiger partial charge >= 0.3 is 0 Å². The Morgan fingerprint density at radius 2 is 1.83 bits per heavy atom. The molecule has 2 aromatic carbocycles. The first-order valence-electron chi connectivity index (χ1n) is 12.6. The zero-order valence-electron chi connectivity index (χ0n) is 19.6. The average molecular weight is 499 g/mol. The van der Waals surface area contributed by atoms with E-state index in [1.165, 1.54) is 53.1 Å². The number of benzene rings is 2. The molecule has 0 bridgehead atoms. The Morgan fingerprint density at radius 1 is 1.00 bits per heavy atom. The summed E-state index contributed by atoms with van der Waals surface area (Å²) in [5.41, 5.74) is 14.1. The van der Waals surface area contributed by atoms with Crippen molar-refractivity contribution in [2.24, 2.45) is 11.7 Å². The van der Waals surface area contributed by atoms with Crippen LogP contribution in [-0.2, 0) is 11.3 Å². The fourth-order valence-electron chi connectivity index (χ4n) is 6.15. The van der Waals surface area contributed by atoms with E-state index in [2.05, 4.69) is 64.1 Å². The molecule has 6 heteroatoms. The van der Waals surface area contributed by atoms with Gasteiger partial charge in [-0.25, -0.2) is 0 Å². The Kier molecular flexibility index (Phi) is 5.14. The number of anilines is 1. The third kappa shape index (κ3) is 3.49. The molecule has 3 aromatic rings. The van der Waals surface area contributed by atoms with Crippen molar-refractivity contribution in [1.82, 2.24) is 0 Å². The number of aryl methyl sites for hydroxylation is 1. The minimum absolute atomic E-state index is 0.139. The first kappa shape index (κ1) is 21.5. The van der Waals surface area contributed by atoms with Gasteiger partial charge in [-0.15, -0.1) is 0 Å². The molecule has 0 saturated carbocycles. The minimum Gasteiger partial charge on any atom is -0.369 e. The number of allylic oxidation sites excluding steroid dienone is 5. The number of aromatic nitrogens is 1. The summed E-state index contributed by atoms with van der Waals surface area (Å²) in [6.07, 6.45) is 8.34. The van der Waals surface area contributed by atoms with Crippen LogP contribution in [0.25, 0.3) is 15.8 Å². The summed E-state index contributed by atoms with van der Waals surface area (Å²) in [7, 11) is 0. The number of thiazole rings is 1. The summed E-state index contributed by atoms with van der Waals surface area (Å²) in [6.45, 7) is 2.12. The first-order valence-corrected chi connectivity index (χ1v) is 14.2. The molecule has 0 radical (unpaired) electrons. The van der Waals surface area contributed by atoms with E-state index in [-0.39, 0.29) is 11.8 Å². The Labute approximate surface area is 213 Å². The van der Waals surface area contributed by atoms with Crippen LogP contribution in [0.15, 0.2) is 81.3 Å². The number of hydrogen-bond acceptors (Lipinski definition) is 4. The SMILES string of the molecule is NC(=O)C1CC(C2=C3Sc4ccccc4N3CCC2)=C/C(=C2\CCC[n+]3c2sc2ccccc23)C1. The largest absolute Gasteiger partial charge is 0.369 e. The fourth-order valence-corrected chi connectivity index (χ4v) is 8.74. The van der Waals surface area contributed by atoms with E-state index in [4.69, 9.17) is 5.73 Å². The van der Waals surface area contributed by atoms with Crippen molar-refractivity contribution >= 4 is 50.5 Å². The molecule has 0 fully saturated rings. The number of rotatable bonds is 2. The Hall–Kier alpha value is -2.83. The molecular formula is C29H28N3OS2+. The van der Waals surface area contributed by atoms with Gasteiger partial charge in [0.05, 0.1) is 10.7 Å². The van der Waals surface area contributed by atoms with E-state index in [0.717, 1.165) is 51.6 Å². The van der Waals surface area contributed by atoms with Crippen LogP contribution in [0.2, 0.25) is 0 Å². The molecule has 1 amide bonds. The van der Waals surface area contributed by atoms with Gasteiger partial charge in [0.25, 0.3) is 5.01 Å². The molecule has 2 N–H and O–H groups in total. The Morgan fingerprint density at radius 3 is 2.74 bits per heavy atom. The second-order valence-electron chi connectivity index (χ2n) is 9.92. The molecule has 176 valence electrons. The summed E-state index contributed by atoms with van der Waals surface area (Å²) >= 11 is 3.78. The number of carbonyl (C=O) groups is 1. The van der Waals surface area contributed by atoms with Gasteiger partial charge in [0.1, 0.15) is 4.70 Å². The van der Waals surface area contributed by atoms with Gasteiger partial charge in [0, 0.05) is 35.4 Å². The average Bonchev–Trinajstić information content (AvgIpc) is 3.47. The van der Waals surface area contributed by atoms with Crippen molar-refractivity contribution in [2.45, 2.75) is 50.0 Å². The lowest BCUT2D eigenvalue weighted by Gasteiger charge is -2.32. The maximum absolute atomic E-state index is 12.5. The van der Waals surface area contributed by atoms with Gasteiger partial charge < -0.3 is 10.6 Å². The van der Waals surface area contributed by atoms with Crippen LogP contribution < -0.4 is 15.2 Å². The number of primary amides is 1. The predicted octanol–water partition coefficient (Wildman–Crippen LogP) is 6.18. The van der Waals surface area contributed by atoms with E-state index < -0.39 is 0 Å². The number of thioether (sulfide) groups is 1. The van der Waals surface area contributed by atoms with Gasteiger partial charge in [-0.3, -0.25) is 4.79 Å². The van der Waals surface area contributed by atoms with Gasteiger partial charge in [0.15, 0.2) is 6.54 Å². The lowest BCUT2D eigenvalue weighted by Crippen LogP contribution is -2.39. The van der Waals surface area contributed by atoms with Crippen LogP contribution in [0.5, 0.6) is 0 Å². The first-order chi connectivity index (χ1) is 17.2. The van der Waals surface area contributed by atoms with Crippen LogP contribution in [0.1, 0.15) is 43.5 Å². The van der Waals surface area contributed by atoms with Crippen LogP contribution >= 0.6 is 23.1 Å². The Balaban J connectivity index is 1.38. The third-order valence-electron chi connectivity index (χ3n) is 7.81. The highest BCUT2D eigenvalue weighted by Gasteiger charge is 2.36. The van der Waals surface area contributed by atoms with Crippen molar-refractivity contribution < 1.29 is 9.36 Å². The van der Waals surface area contributed by atoms with Gasteiger partial charge in [-0.2, -0.15) is 4.57 Å². The highest BCUT2D eigenvalue weighted by atomic mass is 32.2. The number of nitrogens with zero attached hydrogens (tertiary/aromatic N) is 2. The minimum atomic E-state index is -0.172. The maximum atomic E-state index is 12.5. The molecule has 4 heterocycles. The second kappa shape index (κ2) is 8.38. The van der Waals surface area contributed by atoms with E-state index >= 15 is 0 Å². The van der Waals surface area contributed by atoms with E-state index in [9.17, 15) is 4.79 Å². The number of carbonyl (C=O) groups excluding carboxylic acids is 1. The highest BCUT2D eigenvalue weighted by molar-refractivity contribution is 8.03. The summed E-state index contributed by atoms with van der Waals surface area (Å²) in [5, 5.41) is 2.72. The highest BCUT2D eigenvalue weighted by Crippen LogP contribution is 2.52. The topological polar surface area (TPSA) is 50.2 Å².